The van der Waals surface area contributed by atoms with Crippen LogP contribution in [0.1, 0.15) is 37.8 Å². The third kappa shape index (κ3) is 4.19. The van der Waals surface area contributed by atoms with Crippen LogP contribution in [0, 0.1) is 0 Å². The first kappa shape index (κ1) is 16.8. The van der Waals surface area contributed by atoms with E-state index in [0.717, 1.165) is 24.5 Å². The van der Waals surface area contributed by atoms with Gasteiger partial charge in [0, 0.05) is 23.7 Å². The molecule has 3 atom stereocenters. The van der Waals surface area contributed by atoms with Crippen LogP contribution < -0.4 is 5.73 Å². The first-order valence-electron chi connectivity index (χ1n) is 7.94. The van der Waals surface area contributed by atoms with Gasteiger partial charge in [0.25, 0.3) is 0 Å². The SMILES string of the molecule is CCC(N)C(c1cccc(Cl)c1)N1CCCC1CN(C)C. The summed E-state index contributed by atoms with van der Waals surface area (Å²) in [7, 11) is 4.29. The molecule has 21 heavy (non-hydrogen) atoms. The molecule has 1 aliphatic heterocycles. The molecule has 0 radical (unpaired) electrons. The lowest BCUT2D eigenvalue weighted by Crippen LogP contribution is -2.46. The van der Waals surface area contributed by atoms with Crippen molar-refractivity contribution in [3.8, 4) is 0 Å². The van der Waals surface area contributed by atoms with Gasteiger partial charge in [-0.25, -0.2) is 0 Å². The van der Waals surface area contributed by atoms with E-state index < -0.39 is 0 Å². The summed E-state index contributed by atoms with van der Waals surface area (Å²) in [6, 6.07) is 9.20. The lowest BCUT2D eigenvalue weighted by atomic mass is 9.95. The fourth-order valence-corrected chi connectivity index (χ4v) is 3.64. The van der Waals surface area contributed by atoms with E-state index in [2.05, 4.69) is 43.0 Å². The fourth-order valence-electron chi connectivity index (χ4n) is 3.44. The van der Waals surface area contributed by atoms with E-state index >= 15 is 0 Å². The van der Waals surface area contributed by atoms with Crippen molar-refractivity contribution in [1.29, 1.82) is 0 Å². The Morgan fingerprint density at radius 3 is 2.81 bits per heavy atom. The van der Waals surface area contributed by atoms with Gasteiger partial charge in [-0.05, 0) is 57.6 Å². The Morgan fingerprint density at radius 1 is 1.43 bits per heavy atom. The first-order valence-corrected chi connectivity index (χ1v) is 8.32. The van der Waals surface area contributed by atoms with Gasteiger partial charge < -0.3 is 10.6 Å². The van der Waals surface area contributed by atoms with Crippen molar-refractivity contribution in [2.75, 3.05) is 27.2 Å². The van der Waals surface area contributed by atoms with E-state index in [1.807, 2.05) is 12.1 Å². The molecular weight excluding hydrogens is 282 g/mol. The number of likely N-dealkylation sites (N-methyl/N-ethyl adjacent to an activating group) is 1. The van der Waals surface area contributed by atoms with Crippen molar-refractivity contribution in [1.82, 2.24) is 9.80 Å². The second-order valence-electron chi connectivity index (χ2n) is 6.37. The van der Waals surface area contributed by atoms with Crippen LogP contribution in [0.5, 0.6) is 0 Å². The minimum atomic E-state index is 0.145. The van der Waals surface area contributed by atoms with Gasteiger partial charge in [-0.2, -0.15) is 0 Å². The van der Waals surface area contributed by atoms with Crippen LogP contribution in [0.3, 0.4) is 0 Å². The predicted octanol–water partition coefficient (Wildman–Crippen LogP) is 3.14. The minimum Gasteiger partial charge on any atom is -0.326 e. The summed E-state index contributed by atoms with van der Waals surface area (Å²) >= 11 is 6.20. The molecule has 1 aromatic rings. The molecule has 1 aromatic carbocycles. The number of rotatable bonds is 6. The quantitative estimate of drug-likeness (QED) is 0.876. The summed E-state index contributed by atoms with van der Waals surface area (Å²) in [5.74, 6) is 0. The van der Waals surface area contributed by atoms with E-state index in [4.69, 9.17) is 17.3 Å². The van der Waals surface area contributed by atoms with Crippen LogP contribution in [0.15, 0.2) is 24.3 Å². The van der Waals surface area contributed by atoms with Gasteiger partial charge in [-0.3, -0.25) is 4.90 Å². The third-order valence-corrected chi connectivity index (χ3v) is 4.66. The highest BCUT2D eigenvalue weighted by Crippen LogP contribution is 2.33. The van der Waals surface area contributed by atoms with Crippen LogP contribution in [0.4, 0.5) is 0 Å². The van der Waals surface area contributed by atoms with Crippen molar-refractivity contribution < 1.29 is 0 Å². The van der Waals surface area contributed by atoms with Crippen LogP contribution >= 0.6 is 11.6 Å². The smallest absolute Gasteiger partial charge is 0.0503 e. The molecule has 1 heterocycles. The van der Waals surface area contributed by atoms with E-state index in [1.165, 1.54) is 18.4 Å². The van der Waals surface area contributed by atoms with Crippen LogP contribution in [0.2, 0.25) is 5.02 Å². The van der Waals surface area contributed by atoms with Crippen LogP contribution in [0.25, 0.3) is 0 Å². The standard InChI is InChI=1S/C17H28ClN3/c1-4-16(19)17(13-7-5-8-14(18)11-13)21-10-6-9-15(21)12-20(2)3/h5,7-8,11,15-17H,4,6,9-10,12,19H2,1-3H3. The lowest BCUT2D eigenvalue weighted by molar-refractivity contribution is 0.132. The maximum atomic E-state index is 6.47. The molecule has 4 heteroatoms. The van der Waals surface area contributed by atoms with E-state index in [0.29, 0.717) is 6.04 Å². The van der Waals surface area contributed by atoms with E-state index in [-0.39, 0.29) is 12.1 Å². The second kappa shape index (κ2) is 7.59. The fraction of sp³-hybridized carbons (Fsp3) is 0.647. The van der Waals surface area contributed by atoms with Crippen LogP contribution in [-0.4, -0.2) is 49.1 Å². The van der Waals surface area contributed by atoms with Gasteiger partial charge in [0.1, 0.15) is 0 Å². The Balaban J connectivity index is 2.27. The van der Waals surface area contributed by atoms with Gasteiger partial charge >= 0.3 is 0 Å². The monoisotopic (exact) mass is 309 g/mol. The maximum Gasteiger partial charge on any atom is 0.0503 e. The zero-order valence-corrected chi connectivity index (χ0v) is 14.2. The van der Waals surface area contributed by atoms with Crippen LogP contribution in [-0.2, 0) is 0 Å². The lowest BCUT2D eigenvalue weighted by Gasteiger charge is -2.38. The van der Waals surface area contributed by atoms with Gasteiger partial charge in [0.15, 0.2) is 0 Å². The van der Waals surface area contributed by atoms with Gasteiger partial charge in [-0.1, -0.05) is 30.7 Å². The Bertz CT molecular complexity index is 449. The van der Waals surface area contributed by atoms with E-state index in [1.54, 1.807) is 0 Å². The Labute approximate surface area is 134 Å². The average molecular weight is 310 g/mol. The number of halogens is 1. The molecular formula is C17H28ClN3. The zero-order chi connectivity index (χ0) is 15.4. The number of nitrogens with zero attached hydrogens (tertiary/aromatic N) is 2. The molecule has 0 aromatic heterocycles. The number of benzene rings is 1. The summed E-state index contributed by atoms with van der Waals surface area (Å²) in [6.45, 7) is 4.39. The normalized spacial score (nSPS) is 22.7. The molecule has 1 fully saturated rings. The summed E-state index contributed by atoms with van der Waals surface area (Å²) < 4.78 is 0. The summed E-state index contributed by atoms with van der Waals surface area (Å²) in [5, 5.41) is 0.796. The molecule has 3 nitrogen and oxygen atoms in total. The molecule has 3 unspecified atom stereocenters. The van der Waals surface area contributed by atoms with Crippen molar-refractivity contribution >= 4 is 11.6 Å². The molecule has 118 valence electrons. The molecule has 0 bridgehead atoms. The number of nitrogens with two attached hydrogens (primary N) is 1. The molecule has 1 saturated heterocycles. The van der Waals surface area contributed by atoms with Crippen molar-refractivity contribution in [3.63, 3.8) is 0 Å². The topological polar surface area (TPSA) is 32.5 Å². The molecule has 1 aliphatic rings. The molecule has 0 amide bonds. The third-order valence-electron chi connectivity index (χ3n) is 4.42. The summed E-state index contributed by atoms with van der Waals surface area (Å²) in [6.07, 6.45) is 3.49. The highest BCUT2D eigenvalue weighted by atomic mass is 35.5. The summed E-state index contributed by atoms with van der Waals surface area (Å²) in [4.78, 5) is 4.87. The number of hydrogen-bond acceptors (Lipinski definition) is 3. The molecule has 0 saturated carbocycles. The molecule has 0 aliphatic carbocycles. The van der Waals surface area contributed by atoms with Crippen molar-refractivity contribution in [2.45, 2.75) is 44.3 Å². The molecule has 0 spiro atoms. The zero-order valence-electron chi connectivity index (χ0n) is 13.4. The minimum absolute atomic E-state index is 0.145. The largest absolute Gasteiger partial charge is 0.326 e. The van der Waals surface area contributed by atoms with E-state index in [9.17, 15) is 0 Å². The Morgan fingerprint density at radius 2 is 2.19 bits per heavy atom. The highest BCUT2D eigenvalue weighted by molar-refractivity contribution is 6.30. The van der Waals surface area contributed by atoms with Gasteiger partial charge in [-0.15, -0.1) is 0 Å². The average Bonchev–Trinajstić information content (AvgIpc) is 2.86. The molecule has 2 N–H and O–H groups in total. The molecule has 2 rings (SSSR count). The van der Waals surface area contributed by atoms with Crippen molar-refractivity contribution in [2.24, 2.45) is 5.73 Å². The number of likely N-dealkylation sites (tertiary alicyclic amines) is 1. The summed E-state index contributed by atoms with van der Waals surface area (Å²) in [5.41, 5.74) is 7.73. The maximum absolute atomic E-state index is 6.47. The van der Waals surface area contributed by atoms with Crippen molar-refractivity contribution in [3.05, 3.63) is 34.9 Å². The predicted molar refractivity (Wildman–Crippen MR) is 90.7 cm³/mol. The highest BCUT2D eigenvalue weighted by Gasteiger charge is 2.34. The van der Waals surface area contributed by atoms with Gasteiger partial charge in [0.05, 0.1) is 6.04 Å². The van der Waals surface area contributed by atoms with Gasteiger partial charge in [0.2, 0.25) is 0 Å². The number of hydrogen-bond donors (Lipinski definition) is 1. The Kier molecular flexibility index (Phi) is 6.06. The Hall–Kier alpha value is -0.610. The first-order chi connectivity index (χ1) is 10.0. The second-order valence-corrected chi connectivity index (χ2v) is 6.80.